The second-order valence-electron chi connectivity index (χ2n) is 3.41. The summed E-state index contributed by atoms with van der Waals surface area (Å²) >= 11 is 0. The number of carbonyl (C=O) groups excluding carboxylic acids is 1. The lowest BCUT2D eigenvalue weighted by Crippen LogP contribution is -2.38. The van der Waals surface area contributed by atoms with Crippen molar-refractivity contribution in [2.24, 2.45) is 0 Å². The van der Waals surface area contributed by atoms with Gasteiger partial charge in [-0.15, -0.1) is 0 Å². The third-order valence-electron chi connectivity index (χ3n) is 2.42. The van der Waals surface area contributed by atoms with Gasteiger partial charge in [-0.25, -0.2) is 4.79 Å². The molecule has 1 fully saturated rings. The van der Waals surface area contributed by atoms with Gasteiger partial charge in [0.05, 0.1) is 18.9 Å². The molecule has 1 saturated heterocycles. The minimum Gasteiger partial charge on any atom is -0.449 e. The van der Waals surface area contributed by atoms with E-state index in [9.17, 15) is 4.79 Å². The Labute approximate surface area is 88.1 Å². The van der Waals surface area contributed by atoms with Gasteiger partial charge < -0.3 is 9.84 Å². The quantitative estimate of drug-likeness (QED) is 0.800. The van der Waals surface area contributed by atoms with Gasteiger partial charge in [0.25, 0.3) is 0 Å². The molecule has 1 aromatic rings. The summed E-state index contributed by atoms with van der Waals surface area (Å²) in [5.41, 5.74) is 1.49. The van der Waals surface area contributed by atoms with Gasteiger partial charge in [0.15, 0.2) is 0 Å². The highest BCUT2D eigenvalue weighted by Gasteiger charge is 2.22. The second-order valence-corrected chi connectivity index (χ2v) is 3.41. The highest BCUT2D eigenvalue weighted by molar-refractivity contribution is 5.89. The molecule has 15 heavy (non-hydrogen) atoms. The largest absolute Gasteiger partial charge is 0.449 e. The van der Waals surface area contributed by atoms with E-state index in [0.717, 1.165) is 17.7 Å². The summed E-state index contributed by atoms with van der Waals surface area (Å²) in [4.78, 5) is 13.0. The fourth-order valence-corrected chi connectivity index (χ4v) is 1.68. The number of cyclic esters (lactones) is 1. The van der Waals surface area contributed by atoms with Crippen LogP contribution in [0.2, 0.25) is 0 Å². The van der Waals surface area contributed by atoms with E-state index in [1.807, 2.05) is 18.2 Å². The van der Waals surface area contributed by atoms with Crippen LogP contribution in [0.15, 0.2) is 24.3 Å². The number of para-hydroxylation sites is 1. The number of carbonyl (C=O) groups is 1. The third-order valence-corrected chi connectivity index (χ3v) is 2.42. The van der Waals surface area contributed by atoms with Crippen molar-refractivity contribution in [3.05, 3.63) is 29.8 Å². The number of hydrogen-bond acceptors (Lipinski definition) is 3. The molecule has 0 saturated carbocycles. The van der Waals surface area contributed by atoms with Crippen LogP contribution in [0.1, 0.15) is 12.0 Å². The lowest BCUT2D eigenvalue weighted by Gasteiger charge is -2.27. The Bertz CT molecular complexity index is 365. The van der Waals surface area contributed by atoms with Gasteiger partial charge >= 0.3 is 6.09 Å². The molecule has 1 aliphatic rings. The number of anilines is 1. The van der Waals surface area contributed by atoms with Crippen LogP contribution in [-0.4, -0.2) is 24.4 Å². The zero-order chi connectivity index (χ0) is 10.7. The Kier molecular flexibility index (Phi) is 2.87. The van der Waals surface area contributed by atoms with Crippen molar-refractivity contribution < 1.29 is 14.6 Å². The van der Waals surface area contributed by atoms with Crippen molar-refractivity contribution in [3.63, 3.8) is 0 Å². The first-order valence-corrected chi connectivity index (χ1v) is 4.96. The van der Waals surface area contributed by atoms with E-state index in [1.54, 1.807) is 11.0 Å². The molecule has 1 amide bonds. The molecule has 0 aliphatic carbocycles. The van der Waals surface area contributed by atoms with E-state index in [-0.39, 0.29) is 12.7 Å². The molecule has 1 aliphatic heterocycles. The van der Waals surface area contributed by atoms with E-state index >= 15 is 0 Å². The highest BCUT2D eigenvalue weighted by Crippen LogP contribution is 2.23. The molecule has 1 aromatic carbocycles. The van der Waals surface area contributed by atoms with Crippen molar-refractivity contribution in [2.75, 3.05) is 18.1 Å². The lowest BCUT2D eigenvalue weighted by molar-refractivity contribution is 0.140. The van der Waals surface area contributed by atoms with Gasteiger partial charge in [0, 0.05) is 12.1 Å². The average Bonchev–Trinajstić information content (AvgIpc) is 2.30. The minimum atomic E-state index is -0.331. The molecule has 4 nitrogen and oxygen atoms in total. The average molecular weight is 207 g/mol. The maximum Gasteiger partial charge on any atom is 0.414 e. The number of aliphatic hydroxyl groups is 1. The van der Waals surface area contributed by atoms with Gasteiger partial charge in [-0.05, 0) is 12.5 Å². The topological polar surface area (TPSA) is 49.8 Å². The second kappa shape index (κ2) is 4.31. The van der Waals surface area contributed by atoms with E-state index in [0.29, 0.717) is 13.2 Å². The Hall–Kier alpha value is -1.55. The fourth-order valence-electron chi connectivity index (χ4n) is 1.68. The monoisotopic (exact) mass is 207 g/mol. The molecule has 0 bridgehead atoms. The normalized spacial score (nSPS) is 16.3. The zero-order valence-corrected chi connectivity index (χ0v) is 8.35. The van der Waals surface area contributed by atoms with Gasteiger partial charge in [0.1, 0.15) is 0 Å². The summed E-state index contributed by atoms with van der Waals surface area (Å²) in [6.45, 7) is 1.06. The molecule has 0 unspecified atom stereocenters. The molecule has 0 atom stereocenters. The van der Waals surface area contributed by atoms with Gasteiger partial charge in [-0.3, -0.25) is 4.90 Å². The number of benzene rings is 1. The summed E-state index contributed by atoms with van der Waals surface area (Å²) in [6.07, 6.45) is 0.494. The first-order valence-electron chi connectivity index (χ1n) is 4.96. The van der Waals surface area contributed by atoms with Gasteiger partial charge in [-0.1, -0.05) is 18.2 Å². The molecule has 1 heterocycles. The summed E-state index contributed by atoms with van der Waals surface area (Å²) in [5.74, 6) is 0. The molecule has 2 rings (SSSR count). The number of rotatable bonds is 2. The molecular formula is C11H13NO3. The Balaban J connectivity index is 2.30. The van der Waals surface area contributed by atoms with Crippen LogP contribution in [0.25, 0.3) is 0 Å². The van der Waals surface area contributed by atoms with Crippen LogP contribution in [0.4, 0.5) is 10.5 Å². The number of hydrogen-bond donors (Lipinski definition) is 1. The number of ether oxygens (including phenoxy) is 1. The van der Waals surface area contributed by atoms with Gasteiger partial charge in [0.2, 0.25) is 0 Å². The highest BCUT2D eigenvalue weighted by atomic mass is 16.6. The van der Waals surface area contributed by atoms with Crippen LogP contribution in [-0.2, 0) is 11.3 Å². The molecule has 0 spiro atoms. The summed E-state index contributed by atoms with van der Waals surface area (Å²) in [6, 6.07) is 7.30. The Morgan fingerprint density at radius 2 is 2.20 bits per heavy atom. The van der Waals surface area contributed by atoms with Crippen molar-refractivity contribution in [1.29, 1.82) is 0 Å². The maximum atomic E-state index is 11.5. The lowest BCUT2D eigenvalue weighted by atomic mass is 10.1. The van der Waals surface area contributed by atoms with Gasteiger partial charge in [-0.2, -0.15) is 0 Å². The van der Waals surface area contributed by atoms with E-state index in [2.05, 4.69) is 0 Å². The first-order chi connectivity index (χ1) is 7.33. The molecule has 80 valence electrons. The van der Waals surface area contributed by atoms with Crippen LogP contribution in [0, 0.1) is 0 Å². The summed E-state index contributed by atoms with van der Waals surface area (Å²) in [5, 5.41) is 9.16. The van der Waals surface area contributed by atoms with Crippen molar-refractivity contribution in [2.45, 2.75) is 13.0 Å². The van der Waals surface area contributed by atoms with E-state index in [1.165, 1.54) is 0 Å². The van der Waals surface area contributed by atoms with E-state index < -0.39 is 0 Å². The standard InChI is InChI=1S/C11H13NO3/c13-8-9-4-1-2-5-10(9)12-6-3-7-15-11(12)14/h1-2,4-5,13H,3,6-8H2. The van der Waals surface area contributed by atoms with Crippen molar-refractivity contribution >= 4 is 11.8 Å². The molecule has 4 heteroatoms. The smallest absolute Gasteiger partial charge is 0.414 e. The van der Waals surface area contributed by atoms with Crippen molar-refractivity contribution in [3.8, 4) is 0 Å². The SMILES string of the molecule is O=C1OCCCN1c1ccccc1CO. The number of aliphatic hydroxyl groups excluding tert-OH is 1. The third kappa shape index (κ3) is 1.94. The fraction of sp³-hybridized carbons (Fsp3) is 0.364. The van der Waals surface area contributed by atoms with E-state index in [4.69, 9.17) is 9.84 Å². The molecular weight excluding hydrogens is 194 g/mol. The van der Waals surface area contributed by atoms with Crippen LogP contribution in [0.3, 0.4) is 0 Å². The van der Waals surface area contributed by atoms with Crippen LogP contribution in [0.5, 0.6) is 0 Å². The Morgan fingerprint density at radius 1 is 1.40 bits per heavy atom. The predicted octanol–water partition coefficient (Wildman–Crippen LogP) is 1.53. The molecule has 0 radical (unpaired) electrons. The number of amides is 1. The Morgan fingerprint density at radius 3 is 2.93 bits per heavy atom. The number of nitrogens with zero attached hydrogens (tertiary/aromatic N) is 1. The minimum absolute atomic E-state index is 0.0695. The maximum absolute atomic E-state index is 11.5. The molecule has 0 aromatic heterocycles. The first kappa shape index (κ1) is 9.98. The summed E-state index contributed by atoms with van der Waals surface area (Å²) in [7, 11) is 0. The molecule has 1 N–H and O–H groups in total. The summed E-state index contributed by atoms with van der Waals surface area (Å²) < 4.78 is 4.95. The zero-order valence-electron chi connectivity index (χ0n) is 8.35. The van der Waals surface area contributed by atoms with Crippen LogP contribution < -0.4 is 4.90 Å². The predicted molar refractivity (Wildman–Crippen MR) is 55.7 cm³/mol. The van der Waals surface area contributed by atoms with Crippen LogP contribution >= 0.6 is 0 Å². The van der Waals surface area contributed by atoms with Crippen molar-refractivity contribution in [1.82, 2.24) is 0 Å².